The predicted molar refractivity (Wildman–Crippen MR) is 101 cm³/mol. The molecule has 0 bridgehead atoms. The number of benzene rings is 2. The third kappa shape index (κ3) is 3.66. The Hall–Kier alpha value is -3.42. The maximum Gasteiger partial charge on any atom is 0.254 e. The molecule has 4 N–H and O–H groups in total. The zero-order valence-corrected chi connectivity index (χ0v) is 15.4. The average Bonchev–Trinajstić information content (AvgIpc) is 2.70. The molecule has 3 rings (SSSR count). The van der Waals surface area contributed by atoms with Gasteiger partial charge in [0.05, 0.1) is 0 Å². The minimum Gasteiger partial charge on any atom is -0.504 e. The molecule has 0 aliphatic carbocycles. The quantitative estimate of drug-likeness (QED) is 0.598. The molecular formula is C20H22N2O6. The molecule has 1 aliphatic heterocycles. The van der Waals surface area contributed by atoms with Crippen LogP contribution in [0.15, 0.2) is 36.4 Å². The molecule has 2 amide bonds. The van der Waals surface area contributed by atoms with Crippen molar-refractivity contribution in [2.75, 3.05) is 19.6 Å². The number of phenolic OH excluding ortho intramolecular Hbond substituents is 4. The van der Waals surface area contributed by atoms with Crippen molar-refractivity contribution >= 4 is 11.8 Å². The van der Waals surface area contributed by atoms with Crippen molar-refractivity contribution in [3.05, 3.63) is 47.5 Å². The second-order valence-electron chi connectivity index (χ2n) is 6.72. The van der Waals surface area contributed by atoms with E-state index in [1.54, 1.807) is 9.80 Å². The van der Waals surface area contributed by atoms with Crippen LogP contribution in [-0.4, -0.2) is 67.7 Å². The topological polar surface area (TPSA) is 122 Å². The van der Waals surface area contributed by atoms with Crippen molar-refractivity contribution < 1.29 is 30.0 Å². The van der Waals surface area contributed by atoms with Crippen LogP contribution in [0.2, 0.25) is 0 Å². The third-order valence-electron chi connectivity index (χ3n) is 4.95. The third-order valence-corrected chi connectivity index (χ3v) is 4.95. The van der Waals surface area contributed by atoms with Crippen LogP contribution in [-0.2, 0) is 0 Å². The van der Waals surface area contributed by atoms with Gasteiger partial charge >= 0.3 is 0 Å². The number of rotatable bonds is 3. The van der Waals surface area contributed by atoms with Crippen molar-refractivity contribution in [2.24, 2.45) is 0 Å². The first-order valence-corrected chi connectivity index (χ1v) is 8.96. The molecule has 0 saturated carbocycles. The highest BCUT2D eigenvalue weighted by atomic mass is 16.3. The summed E-state index contributed by atoms with van der Waals surface area (Å²) >= 11 is 0. The zero-order chi connectivity index (χ0) is 20.4. The Morgan fingerprint density at radius 2 is 1.39 bits per heavy atom. The van der Waals surface area contributed by atoms with Crippen LogP contribution in [0.3, 0.4) is 0 Å². The zero-order valence-electron chi connectivity index (χ0n) is 15.4. The molecule has 0 aromatic heterocycles. The van der Waals surface area contributed by atoms with Gasteiger partial charge < -0.3 is 30.2 Å². The molecule has 148 valence electrons. The van der Waals surface area contributed by atoms with Crippen LogP contribution in [0.4, 0.5) is 0 Å². The van der Waals surface area contributed by atoms with Crippen LogP contribution in [0, 0.1) is 0 Å². The Bertz CT molecular complexity index is 914. The van der Waals surface area contributed by atoms with E-state index in [1.807, 2.05) is 6.92 Å². The van der Waals surface area contributed by atoms with Crippen LogP contribution >= 0.6 is 0 Å². The van der Waals surface area contributed by atoms with Crippen molar-refractivity contribution in [3.8, 4) is 23.0 Å². The number of hydrogen-bond acceptors (Lipinski definition) is 6. The molecule has 1 saturated heterocycles. The Morgan fingerprint density at radius 1 is 0.857 bits per heavy atom. The van der Waals surface area contributed by atoms with E-state index < -0.39 is 0 Å². The van der Waals surface area contributed by atoms with Crippen molar-refractivity contribution in [1.29, 1.82) is 0 Å². The normalized spacial score (nSPS) is 16.8. The van der Waals surface area contributed by atoms with Crippen LogP contribution in [0.25, 0.3) is 0 Å². The molecule has 1 unspecified atom stereocenters. The summed E-state index contributed by atoms with van der Waals surface area (Å²) < 4.78 is 0. The van der Waals surface area contributed by atoms with Gasteiger partial charge in [-0.1, -0.05) is 6.92 Å². The summed E-state index contributed by atoms with van der Waals surface area (Å²) in [4.78, 5) is 28.8. The van der Waals surface area contributed by atoms with E-state index in [1.165, 1.54) is 36.4 Å². The lowest BCUT2D eigenvalue weighted by Crippen LogP contribution is -2.56. The fourth-order valence-corrected chi connectivity index (χ4v) is 3.32. The Labute approximate surface area is 161 Å². The molecule has 28 heavy (non-hydrogen) atoms. The van der Waals surface area contributed by atoms with Crippen LogP contribution < -0.4 is 0 Å². The summed E-state index contributed by atoms with van der Waals surface area (Å²) in [5.41, 5.74) is 0.519. The molecule has 1 aliphatic rings. The van der Waals surface area contributed by atoms with E-state index in [2.05, 4.69) is 0 Å². The molecule has 0 radical (unpaired) electrons. The van der Waals surface area contributed by atoms with Crippen molar-refractivity contribution in [2.45, 2.75) is 19.4 Å². The summed E-state index contributed by atoms with van der Waals surface area (Å²) in [6, 6.07) is 7.64. The lowest BCUT2D eigenvalue weighted by molar-refractivity contribution is 0.0379. The maximum atomic E-state index is 12.8. The molecule has 2 aromatic carbocycles. The average molecular weight is 386 g/mol. The highest BCUT2D eigenvalue weighted by Crippen LogP contribution is 2.28. The second kappa shape index (κ2) is 7.67. The largest absolute Gasteiger partial charge is 0.504 e. The first-order chi connectivity index (χ1) is 13.3. The van der Waals surface area contributed by atoms with Crippen LogP contribution in [0.1, 0.15) is 34.1 Å². The Kier molecular flexibility index (Phi) is 5.30. The minimum absolute atomic E-state index is 0.216. The predicted octanol–water partition coefficient (Wildman–Crippen LogP) is 1.89. The van der Waals surface area contributed by atoms with Gasteiger partial charge in [-0.05, 0) is 42.8 Å². The van der Waals surface area contributed by atoms with E-state index in [9.17, 15) is 30.0 Å². The van der Waals surface area contributed by atoms with Crippen molar-refractivity contribution in [3.63, 3.8) is 0 Å². The van der Waals surface area contributed by atoms with Crippen molar-refractivity contribution in [1.82, 2.24) is 9.80 Å². The first-order valence-electron chi connectivity index (χ1n) is 8.96. The molecule has 2 aromatic rings. The van der Waals surface area contributed by atoms with Crippen LogP contribution in [0.5, 0.6) is 23.0 Å². The van der Waals surface area contributed by atoms with E-state index in [4.69, 9.17) is 0 Å². The van der Waals surface area contributed by atoms with Gasteiger partial charge in [0.1, 0.15) is 0 Å². The highest BCUT2D eigenvalue weighted by Gasteiger charge is 2.32. The standard InChI is InChI=1S/C20H22N2O6/c1-2-14-11-21(19(27)12-3-5-15(23)17(25)9-12)7-8-22(14)20(28)13-4-6-16(24)18(26)10-13/h3-6,9-10,14,23-26H,2,7-8,11H2,1H3. The molecule has 1 atom stereocenters. The number of aromatic hydroxyl groups is 4. The van der Waals surface area contributed by atoms with E-state index in [-0.39, 0.29) is 52.0 Å². The number of piperazine rings is 1. The molecule has 0 spiro atoms. The lowest BCUT2D eigenvalue weighted by Gasteiger charge is -2.41. The first kappa shape index (κ1) is 19.3. The van der Waals surface area contributed by atoms with E-state index in [0.717, 1.165) is 0 Å². The fraction of sp³-hybridized carbons (Fsp3) is 0.300. The number of carbonyl (C=O) groups excluding carboxylic acids is 2. The number of nitrogens with zero attached hydrogens (tertiary/aromatic N) is 2. The monoisotopic (exact) mass is 386 g/mol. The maximum absolute atomic E-state index is 12.8. The number of carbonyl (C=O) groups is 2. The molecule has 8 nitrogen and oxygen atoms in total. The Morgan fingerprint density at radius 3 is 1.89 bits per heavy atom. The smallest absolute Gasteiger partial charge is 0.254 e. The summed E-state index contributed by atoms with van der Waals surface area (Å²) in [6.45, 7) is 2.87. The van der Waals surface area contributed by atoms with Gasteiger partial charge in [-0.25, -0.2) is 0 Å². The Balaban J connectivity index is 1.75. The second-order valence-corrected chi connectivity index (χ2v) is 6.72. The summed E-state index contributed by atoms with van der Waals surface area (Å²) in [5, 5.41) is 38.1. The van der Waals surface area contributed by atoms with Gasteiger partial charge in [-0.2, -0.15) is 0 Å². The number of hydrogen-bond donors (Lipinski definition) is 4. The van der Waals surface area contributed by atoms with Gasteiger partial charge in [0, 0.05) is 36.8 Å². The fourth-order valence-electron chi connectivity index (χ4n) is 3.32. The number of amides is 2. The lowest BCUT2D eigenvalue weighted by atomic mass is 10.0. The van der Waals surface area contributed by atoms with Gasteiger partial charge in [-0.3, -0.25) is 9.59 Å². The molecule has 1 fully saturated rings. The highest BCUT2D eigenvalue weighted by molar-refractivity contribution is 5.97. The summed E-state index contributed by atoms with van der Waals surface area (Å²) in [5.74, 6) is -1.88. The van der Waals surface area contributed by atoms with Gasteiger partial charge in [0.2, 0.25) is 0 Å². The van der Waals surface area contributed by atoms with E-state index >= 15 is 0 Å². The summed E-state index contributed by atoms with van der Waals surface area (Å²) in [6.07, 6.45) is 0.625. The minimum atomic E-state index is -0.362. The van der Waals surface area contributed by atoms with Gasteiger partial charge in [-0.15, -0.1) is 0 Å². The van der Waals surface area contributed by atoms with Gasteiger partial charge in [0.25, 0.3) is 11.8 Å². The number of phenols is 4. The molecular weight excluding hydrogens is 364 g/mol. The van der Waals surface area contributed by atoms with E-state index in [0.29, 0.717) is 26.1 Å². The molecule has 1 heterocycles. The molecule has 8 heteroatoms. The SMILES string of the molecule is CCC1CN(C(=O)c2ccc(O)c(O)c2)CCN1C(=O)c1ccc(O)c(O)c1. The van der Waals surface area contributed by atoms with Gasteiger partial charge in [0.15, 0.2) is 23.0 Å². The summed E-state index contributed by atoms with van der Waals surface area (Å²) in [7, 11) is 0.